The molecule has 2 aromatic carbocycles. The Morgan fingerprint density at radius 3 is 2.29 bits per heavy atom. The highest BCUT2D eigenvalue weighted by Gasteiger charge is 2.64. The van der Waals surface area contributed by atoms with Crippen LogP contribution in [0.15, 0.2) is 53.3 Å². The Kier molecular flexibility index (Phi) is 6.28. The smallest absolute Gasteiger partial charge is 0.255 e. The zero-order chi connectivity index (χ0) is 30.2. The van der Waals surface area contributed by atoms with Crippen molar-refractivity contribution in [3.05, 3.63) is 64.4 Å². The van der Waals surface area contributed by atoms with Crippen molar-refractivity contribution < 1.29 is 39.6 Å². The molecule has 4 aliphatic carbocycles. The van der Waals surface area contributed by atoms with Crippen LogP contribution in [-0.4, -0.2) is 74.4 Å². The maximum Gasteiger partial charge on any atom is 0.255 e. The molecular formula is C31H31N3O8. The summed E-state index contributed by atoms with van der Waals surface area (Å²) in [5.41, 5.74) is 4.30. The molecule has 0 radical (unpaired) electrons. The second-order valence-electron chi connectivity index (χ2n) is 11.8. The van der Waals surface area contributed by atoms with E-state index in [-0.39, 0.29) is 41.6 Å². The predicted molar refractivity (Wildman–Crippen MR) is 151 cm³/mol. The van der Waals surface area contributed by atoms with Crippen LogP contribution < -0.4 is 11.1 Å². The molecule has 2 fully saturated rings. The number of anilines is 1. The summed E-state index contributed by atoms with van der Waals surface area (Å²) in [4.78, 5) is 53.0. The number of nitrogens with zero attached hydrogens (tertiary/aromatic N) is 1. The lowest BCUT2D eigenvalue weighted by atomic mass is 9.57. The molecule has 0 spiro atoms. The summed E-state index contributed by atoms with van der Waals surface area (Å²) in [5.74, 6) is -6.86. The third-order valence-corrected chi connectivity index (χ3v) is 9.02. The van der Waals surface area contributed by atoms with Crippen LogP contribution in [0.5, 0.6) is 5.75 Å². The predicted octanol–water partition coefficient (Wildman–Crippen LogP) is 1.98. The second-order valence-corrected chi connectivity index (χ2v) is 11.8. The van der Waals surface area contributed by atoms with Crippen LogP contribution in [0.1, 0.15) is 30.4 Å². The topological polar surface area (TPSA) is 190 Å². The van der Waals surface area contributed by atoms with E-state index < -0.39 is 58.0 Å². The number of nitrogens with two attached hydrogens (primary N) is 1. The van der Waals surface area contributed by atoms with Gasteiger partial charge in [0.25, 0.3) is 5.91 Å². The summed E-state index contributed by atoms with van der Waals surface area (Å²) < 4.78 is 0. The molecule has 2 aromatic rings. The lowest BCUT2D eigenvalue weighted by molar-refractivity contribution is -0.153. The van der Waals surface area contributed by atoms with Gasteiger partial charge in [-0.1, -0.05) is 18.2 Å². The highest BCUT2D eigenvalue weighted by atomic mass is 16.3. The van der Waals surface area contributed by atoms with Crippen LogP contribution >= 0.6 is 0 Å². The SMILES string of the molecule is CN(C)[C@H]1C(=O)C(C(N)=O)=C(O)[C@@]2(O)C(=O)C3=C(O)c4c(O)ccc(-c5ccc(NC(=O)C6CC6)cc5)c4C[C@H]3C[C@@H]12. The number of primary amides is 1. The highest BCUT2D eigenvalue weighted by Crippen LogP contribution is 2.53. The molecule has 0 aromatic heterocycles. The van der Waals surface area contributed by atoms with Crippen LogP contribution in [-0.2, 0) is 25.6 Å². The van der Waals surface area contributed by atoms with Gasteiger partial charge >= 0.3 is 0 Å². The number of hydrogen-bond acceptors (Lipinski definition) is 9. The van der Waals surface area contributed by atoms with Gasteiger partial charge in [0.2, 0.25) is 11.7 Å². The summed E-state index contributed by atoms with van der Waals surface area (Å²) >= 11 is 0. The maximum absolute atomic E-state index is 14.0. The molecule has 4 atom stereocenters. The largest absolute Gasteiger partial charge is 0.508 e. The van der Waals surface area contributed by atoms with Crippen molar-refractivity contribution in [2.75, 3.05) is 19.4 Å². The minimum atomic E-state index is -2.68. The van der Waals surface area contributed by atoms with E-state index in [1.807, 2.05) is 12.1 Å². The van der Waals surface area contributed by atoms with E-state index in [1.165, 1.54) is 11.0 Å². The molecule has 0 heterocycles. The van der Waals surface area contributed by atoms with E-state index in [9.17, 15) is 39.6 Å². The van der Waals surface area contributed by atoms with E-state index in [0.29, 0.717) is 16.8 Å². The van der Waals surface area contributed by atoms with Crippen LogP contribution in [0.25, 0.3) is 16.9 Å². The number of phenols is 1. The number of rotatable bonds is 5. The fraction of sp³-hybridized carbons (Fsp3) is 0.355. The lowest BCUT2D eigenvalue weighted by Crippen LogP contribution is -2.65. The number of aliphatic hydroxyl groups excluding tert-OH is 2. The molecule has 11 heteroatoms. The van der Waals surface area contributed by atoms with E-state index in [2.05, 4.69) is 5.32 Å². The molecule has 42 heavy (non-hydrogen) atoms. The highest BCUT2D eigenvalue weighted by molar-refractivity contribution is 6.24. The Hall–Kier alpha value is -4.48. The molecule has 2 amide bonds. The number of Topliss-reactive ketones (excluding diaryl/α,β-unsaturated/α-hetero) is 2. The number of phenolic OH excluding ortho intramolecular Hbond substituents is 1. The van der Waals surface area contributed by atoms with Crippen molar-refractivity contribution in [2.24, 2.45) is 23.5 Å². The number of hydrogen-bond donors (Lipinski definition) is 6. The van der Waals surface area contributed by atoms with Crippen molar-refractivity contribution in [3.63, 3.8) is 0 Å². The van der Waals surface area contributed by atoms with Gasteiger partial charge < -0.3 is 31.5 Å². The van der Waals surface area contributed by atoms with Gasteiger partial charge in [0.05, 0.1) is 11.6 Å². The van der Waals surface area contributed by atoms with Gasteiger partial charge in [-0.25, -0.2) is 0 Å². The lowest BCUT2D eigenvalue weighted by Gasteiger charge is -2.50. The molecule has 4 aliphatic rings. The number of likely N-dealkylation sites (N-methyl/N-ethyl adjacent to an activating group) is 1. The Balaban J connectivity index is 1.45. The average molecular weight is 574 g/mol. The summed E-state index contributed by atoms with van der Waals surface area (Å²) in [6.07, 6.45) is 1.96. The molecule has 0 saturated heterocycles. The van der Waals surface area contributed by atoms with Gasteiger partial charge in [0, 0.05) is 23.1 Å². The number of aromatic hydroxyl groups is 1. The van der Waals surface area contributed by atoms with Gasteiger partial charge in [0.1, 0.15) is 22.8 Å². The number of ketones is 2. The number of carbonyl (C=O) groups is 4. The number of fused-ring (bicyclic) bond motifs is 3. The molecule has 218 valence electrons. The third kappa shape index (κ3) is 3.95. The first-order valence-electron chi connectivity index (χ1n) is 13.8. The van der Waals surface area contributed by atoms with E-state index in [4.69, 9.17) is 5.73 Å². The first kappa shape index (κ1) is 27.7. The van der Waals surface area contributed by atoms with Crippen LogP contribution in [0.4, 0.5) is 5.69 Å². The zero-order valence-corrected chi connectivity index (χ0v) is 23.0. The Labute approximate surface area is 240 Å². The first-order valence-corrected chi connectivity index (χ1v) is 13.8. The van der Waals surface area contributed by atoms with Crippen molar-refractivity contribution >= 4 is 34.8 Å². The number of benzene rings is 2. The molecule has 0 bridgehead atoms. The van der Waals surface area contributed by atoms with Gasteiger partial charge in [-0.15, -0.1) is 0 Å². The summed E-state index contributed by atoms with van der Waals surface area (Å²) in [5, 5.41) is 47.8. The Morgan fingerprint density at radius 1 is 1.02 bits per heavy atom. The molecule has 0 unspecified atom stereocenters. The maximum atomic E-state index is 14.0. The fourth-order valence-corrected chi connectivity index (χ4v) is 6.84. The summed E-state index contributed by atoms with van der Waals surface area (Å²) in [6, 6.07) is 9.10. The van der Waals surface area contributed by atoms with Crippen molar-refractivity contribution in [1.82, 2.24) is 4.90 Å². The molecule has 7 N–H and O–H groups in total. The monoisotopic (exact) mass is 573 g/mol. The van der Waals surface area contributed by atoms with Gasteiger partial charge in [-0.2, -0.15) is 0 Å². The molecule has 6 rings (SSSR count). The van der Waals surface area contributed by atoms with Gasteiger partial charge in [-0.05, 0) is 80.6 Å². The number of aliphatic hydroxyl groups is 3. The van der Waals surface area contributed by atoms with E-state index >= 15 is 0 Å². The second kappa shape index (κ2) is 9.53. The van der Waals surface area contributed by atoms with E-state index in [1.54, 1.807) is 32.3 Å². The first-order chi connectivity index (χ1) is 19.9. The summed E-state index contributed by atoms with van der Waals surface area (Å²) in [7, 11) is 3.11. The fourth-order valence-electron chi connectivity index (χ4n) is 6.84. The molecular weight excluding hydrogens is 542 g/mol. The number of carbonyl (C=O) groups excluding carboxylic acids is 4. The minimum Gasteiger partial charge on any atom is -0.508 e. The molecule has 2 saturated carbocycles. The minimum absolute atomic E-state index is 0.00694. The number of amides is 2. The Bertz CT molecular complexity index is 1640. The van der Waals surface area contributed by atoms with Crippen LogP contribution in [0, 0.1) is 17.8 Å². The van der Waals surface area contributed by atoms with Gasteiger partial charge in [-0.3, -0.25) is 24.1 Å². The quantitative estimate of drug-likeness (QED) is 0.290. The average Bonchev–Trinajstić information content (AvgIpc) is 3.77. The van der Waals surface area contributed by atoms with E-state index in [0.717, 1.165) is 18.4 Å². The molecule has 0 aliphatic heterocycles. The standard InChI is InChI=1S/C31H31N3O8/c1-34(2)24-19-12-15-11-18-17(13-5-7-16(8-6-13)33-30(41)14-3-4-14)9-10-20(35)22(18)25(36)21(15)27(38)31(19,42)28(39)23(26(24)37)29(32)40/h5-10,14-15,19,24,35-36,39,42H,3-4,11-12H2,1-2H3,(H2,32,40)(H,33,41)/t15-,19-,24+,31-/m0/s1. The van der Waals surface area contributed by atoms with Crippen molar-refractivity contribution in [2.45, 2.75) is 37.3 Å². The zero-order valence-electron chi connectivity index (χ0n) is 23.0. The van der Waals surface area contributed by atoms with Crippen LogP contribution in [0.2, 0.25) is 0 Å². The van der Waals surface area contributed by atoms with Crippen molar-refractivity contribution in [3.8, 4) is 16.9 Å². The number of nitrogens with one attached hydrogen (secondary N) is 1. The van der Waals surface area contributed by atoms with Crippen molar-refractivity contribution in [1.29, 1.82) is 0 Å². The summed E-state index contributed by atoms with van der Waals surface area (Å²) in [6.45, 7) is 0. The molecule has 11 nitrogen and oxygen atoms in total. The Morgan fingerprint density at radius 2 is 1.69 bits per heavy atom. The third-order valence-electron chi connectivity index (χ3n) is 9.02. The normalized spacial score (nSPS) is 27.0. The van der Waals surface area contributed by atoms with Crippen LogP contribution in [0.3, 0.4) is 0 Å². The van der Waals surface area contributed by atoms with Gasteiger partial charge in [0.15, 0.2) is 11.4 Å².